The van der Waals surface area contributed by atoms with Gasteiger partial charge in [-0.2, -0.15) is 9.94 Å². The Hall–Kier alpha value is -3.42. The molecule has 3 aliphatic heterocycles. The summed E-state index contributed by atoms with van der Waals surface area (Å²) in [4.78, 5) is 30.5. The van der Waals surface area contributed by atoms with Gasteiger partial charge in [-0.1, -0.05) is 36.4 Å². The summed E-state index contributed by atoms with van der Waals surface area (Å²) < 4.78 is 3.49. The number of carbonyl (C=O) groups excluding carboxylic acids is 1. The largest absolute Gasteiger partial charge is 0.324 e. The molecule has 166 valence electrons. The normalized spacial score (nSPS) is 13.3. The maximum absolute atomic E-state index is 13.3. The van der Waals surface area contributed by atoms with Crippen LogP contribution in [0.1, 0.15) is 30.5 Å². The highest BCUT2D eigenvalue weighted by Gasteiger charge is 2.27. The fraction of sp³-hybridized carbons (Fsp3) is 0.261. The van der Waals surface area contributed by atoms with Gasteiger partial charge in [0.1, 0.15) is 16.6 Å². The summed E-state index contributed by atoms with van der Waals surface area (Å²) in [5.41, 5.74) is 2.50. The van der Waals surface area contributed by atoms with E-state index in [9.17, 15) is 9.59 Å². The molecular weight excluding hydrogens is 456 g/mol. The van der Waals surface area contributed by atoms with Crippen LogP contribution < -0.4 is 10.9 Å². The second-order valence-corrected chi connectivity index (χ2v) is 9.53. The first-order chi connectivity index (χ1) is 16.2. The Morgan fingerprint density at radius 2 is 2.06 bits per heavy atom. The number of amides is 1. The van der Waals surface area contributed by atoms with E-state index in [1.54, 1.807) is 11.4 Å². The van der Waals surface area contributed by atoms with Crippen LogP contribution in [0.4, 0.5) is 5.00 Å². The van der Waals surface area contributed by atoms with Gasteiger partial charge in [-0.25, -0.2) is 4.98 Å². The van der Waals surface area contributed by atoms with E-state index in [2.05, 4.69) is 21.1 Å². The molecule has 1 amide bonds. The number of thioether (sulfide) groups is 1. The predicted molar refractivity (Wildman–Crippen MR) is 128 cm³/mol. The van der Waals surface area contributed by atoms with Crippen LogP contribution in [0.2, 0.25) is 0 Å². The van der Waals surface area contributed by atoms with E-state index in [0.29, 0.717) is 32.8 Å². The molecule has 0 saturated carbocycles. The van der Waals surface area contributed by atoms with Crippen molar-refractivity contribution in [3.8, 4) is 23.1 Å². The summed E-state index contributed by atoms with van der Waals surface area (Å²) in [6.07, 6.45) is 3.83. The van der Waals surface area contributed by atoms with Crippen LogP contribution >= 0.6 is 23.1 Å². The molecule has 8 nitrogen and oxygen atoms in total. The molecule has 3 aliphatic rings. The predicted octanol–water partition coefficient (Wildman–Crippen LogP) is 3.92. The highest BCUT2D eigenvalue weighted by atomic mass is 32.2. The van der Waals surface area contributed by atoms with Gasteiger partial charge >= 0.3 is 0 Å². The number of nitrogens with zero attached hydrogens (tertiary/aromatic N) is 5. The first kappa shape index (κ1) is 21.4. The number of carbonyl (C=O) groups is 1. The Balaban J connectivity index is 1.49. The average Bonchev–Trinajstić information content (AvgIpc) is 3.32. The van der Waals surface area contributed by atoms with Crippen molar-refractivity contribution in [2.24, 2.45) is 0 Å². The highest BCUT2D eigenvalue weighted by Crippen LogP contribution is 2.30. The summed E-state index contributed by atoms with van der Waals surface area (Å²) >= 11 is 2.65. The number of hydrogen-bond donors (Lipinski definition) is 1. The van der Waals surface area contributed by atoms with Crippen molar-refractivity contribution in [1.82, 2.24) is 19.3 Å². The number of anilines is 1. The standard InChI is InChI=1S/C23H20N6O2S2/c24-13-15-10-12-32-21(15)25-18(30)14-33-23-26-20-19(17-9-5-2-6-11-28(17)23)22(31)29(27-20)16-7-3-1-4-8-16/h1,3-4,7-8,10,12H,2,5-6,9,11,14H2,(H,25,30). The highest BCUT2D eigenvalue weighted by molar-refractivity contribution is 7.99. The van der Waals surface area contributed by atoms with Crippen LogP contribution in [0.3, 0.4) is 0 Å². The Morgan fingerprint density at radius 1 is 1.21 bits per heavy atom. The van der Waals surface area contributed by atoms with Gasteiger partial charge in [0.05, 0.1) is 17.0 Å². The molecule has 5 rings (SSSR count). The van der Waals surface area contributed by atoms with Crippen molar-refractivity contribution >= 4 is 34.0 Å². The van der Waals surface area contributed by atoms with Gasteiger partial charge in [0.25, 0.3) is 5.56 Å². The average molecular weight is 477 g/mol. The van der Waals surface area contributed by atoms with E-state index in [-0.39, 0.29) is 17.2 Å². The van der Waals surface area contributed by atoms with Crippen molar-refractivity contribution in [2.75, 3.05) is 11.1 Å². The molecule has 4 heterocycles. The second kappa shape index (κ2) is 9.21. The minimum atomic E-state index is -0.205. The molecular formula is C23H20N6O2S2. The molecule has 2 aromatic rings. The lowest BCUT2D eigenvalue weighted by Gasteiger charge is -2.17. The molecule has 0 radical (unpaired) electrons. The van der Waals surface area contributed by atoms with E-state index in [4.69, 9.17) is 10.2 Å². The lowest BCUT2D eigenvalue weighted by molar-refractivity contribution is -0.113. The maximum Gasteiger partial charge on any atom is 0.284 e. The van der Waals surface area contributed by atoms with Gasteiger partial charge in [0.2, 0.25) is 5.91 Å². The van der Waals surface area contributed by atoms with Crippen molar-refractivity contribution in [3.63, 3.8) is 0 Å². The van der Waals surface area contributed by atoms with Gasteiger partial charge in [-0.3, -0.25) is 9.59 Å². The number of rotatable bonds is 5. The van der Waals surface area contributed by atoms with E-state index < -0.39 is 0 Å². The molecule has 1 aromatic carbocycles. The Labute approximate surface area is 198 Å². The fourth-order valence-corrected chi connectivity index (χ4v) is 5.59. The number of aromatic nitrogens is 4. The number of nitrogens with one attached hydrogen (secondary N) is 1. The summed E-state index contributed by atoms with van der Waals surface area (Å²) in [5.74, 6) is 0.345. The van der Waals surface area contributed by atoms with E-state index in [1.807, 2.05) is 30.3 Å². The number of fused-ring (bicyclic) bond motifs is 3. The Bertz CT molecular complexity index is 1380. The molecule has 0 atom stereocenters. The van der Waals surface area contributed by atoms with E-state index in [0.717, 1.165) is 37.9 Å². The molecule has 1 aromatic heterocycles. The van der Waals surface area contributed by atoms with Crippen LogP contribution in [0, 0.1) is 11.3 Å². The zero-order valence-electron chi connectivity index (χ0n) is 17.7. The molecule has 0 fully saturated rings. The minimum absolute atomic E-state index is 0.143. The maximum atomic E-state index is 13.3. The SMILES string of the molecule is N#Cc1ccsc1NC(=O)CSc1nc2nn(-c3ccccc3)c(=O)c-2c2n1CCCCC2. The summed E-state index contributed by atoms with van der Waals surface area (Å²) in [6.45, 7) is 0.752. The van der Waals surface area contributed by atoms with Gasteiger partial charge in [-0.05, 0) is 42.8 Å². The van der Waals surface area contributed by atoms with Crippen LogP contribution in [-0.4, -0.2) is 31.0 Å². The summed E-state index contributed by atoms with van der Waals surface area (Å²) in [6, 6.07) is 13.1. The summed E-state index contributed by atoms with van der Waals surface area (Å²) in [7, 11) is 0. The molecule has 1 N–H and O–H groups in total. The number of nitriles is 1. The number of thiophene rings is 1. The van der Waals surface area contributed by atoms with Gasteiger partial charge < -0.3 is 9.88 Å². The molecule has 0 saturated heterocycles. The van der Waals surface area contributed by atoms with Crippen molar-refractivity contribution < 1.29 is 4.79 Å². The zero-order chi connectivity index (χ0) is 22.8. The van der Waals surface area contributed by atoms with Crippen LogP contribution in [0.15, 0.2) is 51.7 Å². The first-order valence-corrected chi connectivity index (χ1v) is 12.5. The Morgan fingerprint density at radius 3 is 2.88 bits per heavy atom. The number of hydrogen-bond acceptors (Lipinski definition) is 7. The number of para-hydroxylation sites is 1. The van der Waals surface area contributed by atoms with E-state index >= 15 is 0 Å². The Kier molecular flexibility index (Phi) is 5.98. The van der Waals surface area contributed by atoms with Crippen LogP contribution in [0.25, 0.3) is 17.1 Å². The smallest absolute Gasteiger partial charge is 0.284 e. The molecule has 33 heavy (non-hydrogen) atoms. The molecule has 0 bridgehead atoms. The molecule has 10 heteroatoms. The lowest BCUT2D eigenvalue weighted by Crippen LogP contribution is -2.20. The monoisotopic (exact) mass is 476 g/mol. The van der Waals surface area contributed by atoms with Crippen LogP contribution in [0.5, 0.6) is 0 Å². The van der Waals surface area contributed by atoms with Crippen LogP contribution in [-0.2, 0) is 17.8 Å². The third kappa shape index (κ3) is 4.17. The van der Waals surface area contributed by atoms with Gasteiger partial charge in [-0.15, -0.1) is 16.4 Å². The molecule has 0 unspecified atom stereocenters. The first-order valence-electron chi connectivity index (χ1n) is 10.6. The van der Waals surface area contributed by atoms with Crippen molar-refractivity contribution in [3.05, 3.63) is 63.4 Å². The summed E-state index contributed by atoms with van der Waals surface area (Å²) in [5, 5.41) is 19.5. The van der Waals surface area contributed by atoms with E-state index in [1.165, 1.54) is 27.8 Å². The quantitative estimate of drug-likeness (QED) is 0.346. The van der Waals surface area contributed by atoms with Gasteiger partial charge in [0.15, 0.2) is 11.0 Å². The second-order valence-electron chi connectivity index (χ2n) is 7.67. The topological polar surface area (TPSA) is 106 Å². The third-order valence-corrected chi connectivity index (χ3v) is 7.34. The van der Waals surface area contributed by atoms with Crippen molar-refractivity contribution in [2.45, 2.75) is 37.4 Å². The van der Waals surface area contributed by atoms with Gasteiger partial charge in [0, 0.05) is 12.2 Å². The van der Waals surface area contributed by atoms with Crippen molar-refractivity contribution in [1.29, 1.82) is 5.26 Å². The fourth-order valence-electron chi connectivity index (χ4n) is 3.99. The lowest BCUT2D eigenvalue weighted by atomic mass is 10.1. The third-order valence-electron chi connectivity index (χ3n) is 5.54. The minimum Gasteiger partial charge on any atom is -0.324 e. The zero-order valence-corrected chi connectivity index (χ0v) is 19.3. The molecule has 0 spiro atoms. The molecule has 0 aliphatic carbocycles. The number of benzene rings is 1.